The van der Waals surface area contributed by atoms with Gasteiger partial charge in [0, 0.05) is 12.5 Å². The van der Waals surface area contributed by atoms with Gasteiger partial charge in [0.15, 0.2) is 0 Å². The van der Waals surface area contributed by atoms with Crippen LogP contribution in [0.4, 0.5) is 0 Å². The predicted octanol–water partition coefficient (Wildman–Crippen LogP) is 4.99. The third-order valence-corrected chi connectivity index (χ3v) is 5.85. The molecule has 0 radical (unpaired) electrons. The van der Waals surface area contributed by atoms with Crippen LogP contribution in [0.2, 0.25) is 0 Å². The molecule has 3 nitrogen and oxygen atoms in total. The molecule has 1 saturated carbocycles. The van der Waals surface area contributed by atoms with Gasteiger partial charge in [0.2, 0.25) is 5.91 Å². The second-order valence-corrected chi connectivity index (χ2v) is 9.16. The molecule has 136 valence electrons. The number of halogens is 1. The first-order valence-electron chi connectivity index (χ1n) is 9.23. The topological polar surface area (TPSA) is 38.3 Å². The molecule has 2 aliphatic rings. The van der Waals surface area contributed by atoms with Gasteiger partial charge in [-0.15, -0.1) is 0 Å². The first-order chi connectivity index (χ1) is 11.8. The van der Waals surface area contributed by atoms with Crippen LogP contribution in [0.5, 0.6) is 5.75 Å². The minimum absolute atomic E-state index is 0.119. The lowest BCUT2D eigenvalue weighted by molar-refractivity contribution is -0.122. The van der Waals surface area contributed by atoms with E-state index in [-0.39, 0.29) is 11.3 Å². The lowest BCUT2D eigenvalue weighted by Gasteiger charge is -2.20. The number of rotatable bonds is 6. The van der Waals surface area contributed by atoms with Gasteiger partial charge in [-0.25, -0.2) is 0 Å². The van der Waals surface area contributed by atoms with E-state index in [9.17, 15) is 4.79 Å². The summed E-state index contributed by atoms with van der Waals surface area (Å²) < 4.78 is 6.81. The van der Waals surface area contributed by atoms with E-state index in [2.05, 4.69) is 66.3 Å². The van der Waals surface area contributed by atoms with Crippen molar-refractivity contribution in [2.24, 2.45) is 11.8 Å². The molecule has 1 N–H and O–H groups in total. The number of nitrogens with one attached hydrogen (secondary N) is 1. The number of ether oxygens (including phenoxy) is 1. The maximum Gasteiger partial charge on any atom is 0.220 e. The van der Waals surface area contributed by atoms with Crippen molar-refractivity contribution in [3.8, 4) is 5.75 Å². The summed E-state index contributed by atoms with van der Waals surface area (Å²) in [4.78, 5) is 12.1. The second kappa shape index (κ2) is 7.53. The highest BCUT2D eigenvalue weighted by atomic mass is 79.9. The molecule has 0 spiro atoms. The van der Waals surface area contributed by atoms with Gasteiger partial charge in [-0.1, -0.05) is 39.0 Å². The highest BCUT2D eigenvalue weighted by Gasteiger charge is 2.36. The van der Waals surface area contributed by atoms with Crippen LogP contribution in [0.1, 0.15) is 52.0 Å². The van der Waals surface area contributed by atoms with Crippen LogP contribution in [0.25, 0.3) is 0 Å². The molecule has 4 heteroatoms. The van der Waals surface area contributed by atoms with Gasteiger partial charge in [-0.2, -0.15) is 0 Å². The third kappa shape index (κ3) is 4.66. The highest BCUT2D eigenvalue weighted by Crippen LogP contribution is 2.39. The number of carbonyl (C=O) groups excluding carboxylic acids is 1. The van der Waals surface area contributed by atoms with Gasteiger partial charge in [0.1, 0.15) is 5.75 Å². The molecule has 1 aromatic carbocycles. The van der Waals surface area contributed by atoms with Crippen molar-refractivity contribution in [2.45, 2.75) is 57.9 Å². The van der Waals surface area contributed by atoms with E-state index in [1.165, 1.54) is 12.0 Å². The van der Waals surface area contributed by atoms with E-state index in [1.807, 2.05) is 6.07 Å². The molecule has 0 saturated heterocycles. The number of hydrogen-bond acceptors (Lipinski definition) is 2. The highest BCUT2D eigenvalue weighted by molar-refractivity contribution is 9.10. The lowest BCUT2D eigenvalue weighted by atomic mass is 9.87. The van der Waals surface area contributed by atoms with Gasteiger partial charge in [-0.3, -0.25) is 4.79 Å². The molecule has 1 amide bonds. The predicted molar refractivity (Wildman–Crippen MR) is 105 cm³/mol. The Kier molecular flexibility index (Phi) is 5.57. The molecule has 2 aliphatic carbocycles. The van der Waals surface area contributed by atoms with Crippen molar-refractivity contribution in [3.05, 3.63) is 40.4 Å². The molecule has 1 aromatic rings. The van der Waals surface area contributed by atoms with Crippen molar-refractivity contribution in [1.82, 2.24) is 5.32 Å². The van der Waals surface area contributed by atoms with E-state index in [0.29, 0.717) is 30.9 Å². The standard InChI is InChI=1S/C21H28BrNO2/c1-21(2,3)16-8-9-19(17(22)13-16)25-10-4-5-20(24)23-18-12-14-6-7-15(18)11-14/h6-9,13-15,18H,4-5,10-12H2,1-3H3,(H,23,24). The van der Waals surface area contributed by atoms with E-state index in [4.69, 9.17) is 4.74 Å². The Hall–Kier alpha value is -1.29. The summed E-state index contributed by atoms with van der Waals surface area (Å²) in [6.07, 6.45) is 8.14. The Balaban J connectivity index is 1.39. The van der Waals surface area contributed by atoms with Gasteiger partial charge in [0.25, 0.3) is 0 Å². The van der Waals surface area contributed by atoms with Crippen molar-refractivity contribution >= 4 is 21.8 Å². The molecule has 0 heterocycles. The zero-order valence-electron chi connectivity index (χ0n) is 15.3. The van der Waals surface area contributed by atoms with Crippen LogP contribution in [-0.2, 0) is 10.2 Å². The van der Waals surface area contributed by atoms with Crippen LogP contribution < -0.4 is 10.1 Å². The summed E-state index contributed by atoms with van der Waals surface area (Å²) in [6, 6.07) is 6.58. The molecule has 1 fully saturated rings. The zero-order valence-corrected chi connectivity index (χ0v) is 16.9. The molecule has 3 unspecified atom stereocenters. The first-order valence-corrected chi connectivity index (χ1v) is 10.0. The van der Waals surface area contributed by atoms with Crippen LogP contribution in [0, 0.1) is 11.8 Å². The van der Waals surface area contributed by atoms with Crippen molar-refractivity contribution in [3.63, 3.8) is 0 Å². The number of hydrogen-bond donors (Lipinski definition) is 1. The summed E-state index contributed by atoms with van der Waals surface area (Å²) in [5.41, 5.74) is 1.39. The zero-order chi connectivity index (χ0) is 18.0. The van der Waals surface area contributed by atoms with E-state index in [1.54, 1.807) is 0 Å². The van der Waals surface area contributed by atoms with Gasteiger partial charge >= 0.3 is 0 Å². The lowest BCUT2D eigenvalue weighted by Crippen LogP contribution is -2.37. The fourth-order valence-corrected chi connectivity index (χ4v) is 4.22. The Morgan fingerprint density at radius 3 is 2.68 bits per heavy atom. The molecular formula is C21H28BrNO2. The maximum atomic E-state index is 12.1. The number of amides is 1. The molecule has 3 atom stereocenters. The number of benzene rings is 1. The van der Waals surface area contributed by atoms with Gasteiger partial charge in [0.05, 0.1) is 11.1 Å². The number of carbonyl (C=O) groups is 1. The average molecular weight is 406 g/mol. The van der Waals surface area contributed by atoms with Crippen molar-refractivity contribution in [2.75, 3.05) is 6.61 Å². The average Bonchev–Trinajstić information content (AvgIpc) is 3.14. The Bertz CT molecular complexity index is 662. The van der Waals surface area contributed by atoms with Crippen LogP contribution in [0.3, 0.4) is 0 Å². The third-order valence-electron chi connectivity index (χ3n) is 5.23. The van der Waals surface area contributed by atoms with E-state index < -0.39 is 0 Å². The van der Waals surface area contributed by atoms with Gasteiger partial charge in [-0.05, 0) is 70.1 Å². The Labute approximate surface area is 159 Å². The van der Waals surface area contributed by atoms with E-state index >= 15 is 0 Å². The monoisotopic (exact) mass is 405 g/mol. The molecule has 0 aliphatic heterocycles. The Morgan fingerprint density at radius 2 is 2.08 bits per heavy atom. The smallest absolute Gasteiger partial charge is 0.220 e. The SMILES string of the molecule is CC(C)(C)c1ccc(OCCCC(=O)NC2CC3C=CC2C3)c(Br)c1. The maximum absolute atomic E-state index is 12.1. The fraction of sp³-hybridized carbons (Fsp3) is 0.571. The molecular weight excluding hydrogens is 378 g/mol. The van der Waals surface area contributed by atoms with Gasteiger partial charge < -0.3 is 10.1 Å². The first kappa shape index (κ1) is 18.5. The quantitative estimate of drug-likeness (QED) is 0.534. The summed E-state index contributed by atoms with van der Waals surface area (Å²) >= 11 is 3.59. The summed E-state index contributed by atoms with van der Waals surface area (Å²) in [5.74, 6) is 2.23. The van der Waals surface area contributed by atoms with Crippen molar-refractivity contribution < 1.29 is 9.53 Å². The number of allylic oxidation sites excluding steroid dienone is 1. The summed E-state index contributed by atoms with van der Waals surface area (Å²) in [6.45, 7) is 7.14. The summed E-state index contributed by atoms with van der Waals surface area (Å²) in [7, 11) is 0. The van der Waals surface area contributed by atoms with E-state index in [0.717, 1.165) is 23.1 Å². The molecule has 2 bridgehead atoms. The molecule has 25 heavy (non-hydrogen) atoms. The van der Waals surface area contributed by atoms with Crippen LogP contribution in [-0.4, -0.2) is 18.6 Å². The van der Waals surface area contributed by atoms with Crippen LogP contribution in [0.15, 0.2) is 34.8 Å². The minimum Gasteiger partial charge on any atom is -0.492 e. The Morgan fingerprint density at radius 1 is 1.28 bits per heavy atom. The normalized spacial score (nSPS) is 24.6. The molecule has 3 rings (SSSR count). The minimum atomic E-state index is 0.119. The fourth-order valence-electron chi connectivity index (χ4n) is 3.72. The summed E-state index contributed by atoms with van der Waals surface area (Å²) in [5, 5.41) is 3.19. The second-order valence-electron chi connectivity index (χ2n) is 8.30. The number of fused-ring (bicyclic) bond motifs is 2. The van der Waals surface area contributed by atoms with Crippen molar-refractivity contribution in [1.29, 1.82) is 0 Å². The molecule has 0 aromatic heterocycles. The van der Waals surface area contributed by atoms with Crippen LogP contribution >= 0.6 is 15.9 Å². The largest absolute Gasteiger partial charge is 0.492 e.